The third-order valence-electron chi connectivity index (χ3n) is 2.85. The molecule has 2 N–H and O–H groups in total. The molecule has 0 aliphatic carbocycles. The zero-order valence-corrected chi connectivity index (χ0v) is 11.3. The molecule has 0 saturated carbocycles. The molecule has 0 aromatic heterocycles. The Bertz CT molecular complexity index is 552. The van der Waals surface area contributed by atoms with Gasteiger partial charge in [0.05, 0.1) is 6.61 Å². The highest BCUT2D eigenvalue weighted by molar-refractivity contribution is 5.45. The van der Waals surface area contributed by atoms with Crippen molar-refractivity contribution in [1.82, 2.24) is 0 Å². The third kappa shape index (κ3) is 3.26. The van der Waals surface area contributed by atoms with Crippen LogP contribution >= 0.6 is 0 Å². The van der Waals surface area contributed by atoms with E-state index in [0.29, 0.717) is 13.2 Å². The smallest absolute Gasteiger partial charge is 0.134 e. The molecule has 2 aromatic carbocycles. The number of nitrogens with two attached hydrogens (primary N) is 1. The molecule has 0 spiro atoms. The maximum atomic E-state index is 5.96. The van der Waals surface area contributed by atoms with Crippen LogP contribution in [0, 0.1) is 6.92 Å². The van der Waals surface area contributed by atoms with Gasteiger partial charge in [-0.25, -0.2) is 0 Å². The molecule has 0 heterocycles. The van der Waals surface area contributed by atoms with Crippen LogP contribution in [-0.2, 0) is 6.54 Å². The van der Waals surface area contributed by atoms with Gasteiger partial charge < -0.3 is 15.2 Å². The highest BCUT2D eigenvalue weighted by atomic mass is 16.5. The lowest BCUT2D eigenvalue weighted by molar-refractivity contribution is 0.338. The van der Waals surface area contributed by atoms with Crippen molar-refractivity contribution in [3.05, 3.63) is 53.6 Å². The van der Waals surface area contributed by atoms with Crippen molar-refractivity contribution in [2.45, 2.75) is 20.4 Å². The molecule has 0 bridgehead atoms. The minimum Gasteiger partial charge on any atom is -0.494 e. The van der Waals surface area contributed by atoms with E-state index in [-0.39, 0.29) is 0 Å². The minimum atomic E-state index is 0.460. The molecule has 0 aliphatic rings. The van der Waals surface area contributed by atoms with Crippen LogP contribution in [0.2, 0.25) is 0 Å². The molecule has 0 radical (unpaired) electrons. The summed E-state index contributed by atoms with van der Waals surface area (Å²) in [5, 5.41) is 0. The summed E-state index contributed by atoms with van der Waals surface area (Å²) >= 11 is 0. The van der Waals surface area contributed by atoms with Gasteiger partial charge in [-0.3, -0.25) is 0 Å². The molecule has 2 rings (SSSR count). The first kappa shape index (κ1) is 13.4. The highest BCUT2D eigenvalue weighted by Crippen LogP contribution is 2.30. The van der Waals surface area contributed by atoms with Gasteiger partial charge in [0.2, 0.25) is 0 Å². The van der Waals surface area contributed by atoms with Gasteiger partial charge in [-0.05, 0) is 31.5 Å². The van der Waals surface area contributed by atoms with Crippen LogP contribution in [0.3, 0.4) is 0 Å². The van der Waals surface area contributed by atoms with Crippen LogP contribution in [0.1, 0.15) is 18.1 Å². The van der Waals surface area contributed by atoms with Gasteiger partial charge in [0.1, 0.15) is 17.2 Å². The number of hydrogen-bond donors (Lipinski definition) is 1. The Morgan fingerprint density at radius 3 is 2.53 bits per heavy atom. The van der Waals surface area contributed by atoms with E-state index in [0.717, 1.165) is 28.4 Å². The molecule has 2 aromatic rings. The molecular weight excluding hydrogens is 238 g/mol. The van der Waals surface area contributed by atoms with Crippen LogP contribution in [0.5, 0.6) is 17.2 Å². The van der Waals surface area contributed by atoms with E-state index in [1.54, 1.807) is 0 Å². The number of benzene rings is 2. The Balaban J connectivity index is 2.28. The van der Waals surface area contributed by atoms with Gasteiger partial charge in [-0.15, -0.1) is 0 Å². The fourth-order valence-corrected chi connectivity index (χ4v) is 1.93. The van der Waals surface area contributed by atoms with E-state index in [4.69, 9.17) is 15.2 Å². The molecular formula is C16H19NO2. The molecule has 0 aliphatic heterocycles. The second-order valence-corrected chi connectivity index (χ2v) is 4.28. The lowest BCUT2D eigenvalue weighted by atomic mass is 10.1. The maximum Gasteiger partial charge on any atom is 0.134 e. The van der Waals surface area contributed by atoms with E-state index in [1.807, 2.05) is 56.3 Å². The van der Waals surface area contributed by atoms with E-state index in [1.165, 1.54) is 0 Å². The molecule has 100 valence electrons. The quantitative estimate of drug-likeness (QED) is 0.889. The van der Waals surface area contributed by atoms with Crippen molar-refractivity contribution in [2.75, 3.05) is 6.61 Å². The first-order valence-electron chi connectivity index (χ1n) is 6.44. The summed E-state index contributed by atoms with van der Waals surface area (Å²) in [4.78, 5) is 0. The summed E-state index contributed by atoms with van der Waals surface area (Å²) < 4.78 is 11.4. The second-order valence-electron chi connectivity index (χ2n) is 4.28. The highest BCUT2D eigenvalue weighted by Gasteiger charge is 2.07. The lowest BCUT2D eigenvalue weighted by Crippen LogP contribution is -2.01. The summed E-state index contributed by atoms with van der Waals surface area (Å²) in [6.45, 7) is 5.08. The Morgan fingerprint density at radius 2 is 1.79 bits per heavy atom. The third-order valence-corrected chi connectivity index (χ3v) is 2.85. The van der Waals surface area contributed by atoms with Gasteiger partial charge in [0.15, 0.2) is 0 Å². The van der Waals surface area contributed by atoms with Crippen molar-refractivity contribution in [1.29, 1.82) is 0 Å². The summed E-state index contributed by atoms with van der Waals surface area (Å²) in [6, 6.07) is 13.6. The molecule has 19 heavy (non-hydrogen) atoms. The number of para-hydroxylation sites is 1. The Kier molecular flexibility index (Phi) is 4.42. The van der Waals surface area contributed by atoms with Gasteiger partial charge in [-0.1, -0.05) is 24.3 Å². The molecule has 0 unspecified atom stereocenters. The van der Waals surface area contributed by atoms with Gasteiger partial charge in [0, 0.05) is 18.2 Å². The van der Waals surface area contributed by atoms with Crippen LogP contribution < -0.4 is 15.2 Å². The van der Waals surface area contributed by atoms with E-state index in [9.17, 15) is 0 Å². The van der Waals surface area contributed by atoms with E-state index < -0.39 is 0 Å². The molecule has 0 amide bonds. The zero-order chi connectivity index (χ0) is 13.7. The molecule has 3 heteroatoms. The Morgan fingerprint density at radius 1 is 1.05 bits per heavy atom. The monoisotopic (exact) mass is 257 g/mol. The van der Waals surface area contributed by atoms with Crippen LogP contribution in [0.25, 0.3) is 0 Å². The first-order valence-corrected chi connectivity index (χ1v) is 6.44. The molecule has 3 nitrogen and oxygen atoms in total. The van der Waals surface area contributed by atoms with Gasteiger partial charge in [-0.2, -0.15) is 0 Å². The zero-order valence-electron chi connectivity index (χ0n) is 11.3. The maximum absolute atomic E-state index is 5.96. The summed E-state index contributed by atoms with van der Waals surface area (Å²) in [5.74, 6) is 2.40. The number of hydrogen-bond acceptors (Lipinski definition) is 3. The summed E-state index contributed by atoms with van der Waals surface area (Å²) in [5.41, 5.74) is 7.82. The van der Waals surface area contributed by atoms with E-state index >= 15 is 0 Å². The minimum absolute atomic E-state index is 0.460. The van der Waals surface area contributed by atoms with Crippen molar-refractivity contribution in [2.24, 2.45) is 5.73 Å². The molecule has 0 fully saturated rings. The van der Waals surface area contributed by atoms with Crippen molar-refractivity contribution < 1.29 is 9.47 Å². The normalized spacial score (nSPS) is 10.3. The van der Waals surface area contributed by atoms with Crippen LogP contribution in [0.15, 0.2) is 42.5 Å². The number of rotatable bonds is 5. The summed E-state index contributed by atoms with van der Waals surface area (Å²) in [7, 11) is 0. The topological polar surface area (TPSA) is 44.5 Å². The average Bonchev–Trinajstić information content (AvgIpc) is 2.42. The summed E-state index contributed by atoms with van der Waals surface area (Å²) in [6.07, 6.45) is 0. The second kappa shape index (κ2) is 6.25. The first-order chi connectivity index (χ1) is 9.24. The molecule has 0 atom stereocenters. The SMILES string of the molecule is CCOc1cccc(Oc2c(C)cccc2CN)c1. The van der Waals surface area contributed by atoms with Crippen LogP contribution in [-0.4, -0.2) is 6.61 Å². The Labute approximate surface area is 114 Å². The standard InChI is InChI=1S/C16H19NO2/c1-3-18-14-8-5-9-15(10-14)19-16-12(2)6-4-7-13(16)11-17/h4-10H,3,11,17H2,1-2H3. The number of ether oxygens (including phenoxy) is 2. The lowest BCUT2D eigenvalue weighted by Gasteiger charge is -2.13. The number of aryl methyl sites for hydroxylation is 1. The largest absolute Gasteiger partial charge is 0.494 e. The fourth-order valence-electron chi connectivity index (χ4n) is 1.93. The van der Waals surface area contributed by atoms with Gasteiger partial charge in [0.25, 0.3) is 0 Å². The molecule has 0 saturated heterocycles. The van der Waals surface area contributed by atoms with Gasteiger partial charge >= 0.3 is 0 Å². The van der Waals surface area contributed by atoms with Crippen molar-refractivity contribution in [3.8, 4) is 17.2 Å². The van der Waals surface area contributed by atoms with Crippen LogP contribution in [0.4, 0.5) is 0 Å². The fraction of sp³-hybridized carbons (Fsp3) is 0.250. The van der Waals surface area contributed by atoms with Crippen molar-refractivity contribution in [3.63, 3.8) is 0 Å². The average molecular weight is 257 g/mol. The predicted molar refractivity (Wildman–Crippen MR) is 76.8 cm³/mol. The Hall–Kier alpha value is -2.00. The van der Waals surface area contributed by atoms with Crippen molar-refractivity contribution >= 4 is 0 Å². The van der Waals surface area contributed by atoms with E-state index in [2.05, 4.69) is 0 Å². The predicted octanol–water partition coefficient (Wildman–Crippen LogP) is 3.64.